The molecule has 0 amide bonds. The van der Waals surface area contributed by atoms with E-state index >= 15 is 0 Å². The van der Waals surface area contributed by atoms with Crippen molar-refractivity contribution in [2.75, 3.05) is 0 Å². The third-order valence-electron chi connectivity index (χ3n) is 6.96. The third kappa shape index (κ3) is 2.67. The molecule has 0 atom stereocenters. The van der Waals surface area contributed by atoms with Crippen LogP contribution < -0.4 is 0 Å². The van der Waals surface area contributed by atoms with E-state index < -0.39 is 0 Å². The number of aromatic nitrogens is 2. The van der Waals surface area contributed by atoms with Crippen molar-refractivity contribution in [3.05, 3.63) is 84.7 Å². The maximum atomic E-state index is 4.83. The SMILES string of the molecule is CC(C)(C)Cc1ccc2c(c1)c1cccc3c4cc5ccccc5cc4c4ncnc2c4c13. The van der Waals surface area contributed by atoms with Gasteiger partial charge in [-0.25, -0.2) is 9.97 Å². The summed E-state index contributed by atoms with van der Waals surface area (Å²) in [5.74, 6) is 0. The molecule has 2 heteroatoms. The maximum absolute atomic E-state index is 4.83. The smallest absolute Gasteiger partial charge is 0.116 e. The molecule has 0 saturated carbocycles. The van der Waals surface area contributed by atoms with Gasteiger partial charge in [-0.3, -0.25) is 0 Å². The first-order valence-corrected chi connectivity index (χ1v) is 11.6. The fourth-order valence-electron chi connectivity index (χ4n) is 5.70. The number of hydrogen-bond donors (Lipinski definition) is 0. The Hall–Kier alpha value is -3.78. The summed E-state index contributed by atoms with van der Waals surface area (Å²) in [6.07, 6.45) is 2.78. The average Bonchev–Trinajstić information content (AvgIpc) is 2.81. The highest BCUT2D eigenvalue weighted by Crippen LogP contribution is 2.44. The minimum absolute atomic E-state index is 0.242. The minimum Gasteiger partial charge on any atom is -0.236 e. The van der Waals surface area contributed by atoms with E-state index in [1.807, 2.05) is 0 Å². The molecule has 0 spiro atoms. The van der Waals surface area contributed by atoms with Crippen molar-refractivity contribution < 1.29 is 0 Å². The van der Waals surface area contributed by atoms with Crippen LogP contribution in [0.5, 0.6) is 0 Å². The molecule has 6 aromatic carbocycles. The first-order valence-electron chi connectivity index (χ1n) is 11.6. The van der Waals surface area contributed by atoms with Gasteiger partial charge in [0.15, 0.2) is 0 Å². The van der Waals surface area contributed by atoms with E-state index in [9.17, 15) is 0 Å². The highest BCUT2D eigenvalue weighted by atomic mass is 14.8. The van der Waals surface area contributed by atoms with Gasteiger partial charge in [0.2, 0.25) is 0 Å². The van der Waals surface area contributed by atoms with Crippen LogP contribution in [0.15, 0.2) is 79.1 Å². The van der Waals surface area contributed by atoms with Gasteiger partial charge in [-0.2, -0.15) is 0 Å². The Kier molecular flexibility index (Phi) is 3.63. The second-order valence-corrected chi connectivity index (χ2v) is 10.5. The van der Waals surface area contributed by atoms with E-state index in [0.29, 0.717) is 0 Å². The Morgan fingerprint density at radius 2 is 1.21 bits per heavy atom. The highest BCUT2D eigenvalue weighted by Gasteiger charge is 2.19. The van der Waals surface area contributed by atoms with Gasteiger partial charge >= 0.3 is 0 Å². The van der Waals surface area contributed by atoms with E-state index in [-0.39, 0.29) is 5.41 Å². The zero-order chi connectivity index (χ0) is 22.3. The molecule has 0 aliphatic rings. The minimum atomic E-state index is 0.242. The first-order chi connectivity index (χ1) is 16.0. The normalized spacial score (nSPS) is 12.8. The summed E-state index contributed by atoms with van der Waals surface area (Å²) in [7, 11) is 0. The van der Waals surface area contributed by atoms with Gasteiger partial charge in [0.25, 0.3) is 0 Å². The monoisotopic (exact) mass is 424 g/mol. The number of nitrogens with zero attached hydrogens (tertiary/aromatic N) is 2. The number of rotatable bonds is 1. The van der Waals surface area contributed by atoms with E-state index in [1.54, 1.807) is 6.33 Å². The molecule has 0 aliphatic heterocycles. The van der Waals surface area contributed by atoms with Gasteiger partial charge in [0.1, 0.15) is 6.33 Å². The lowest BCUT2D eigenvalue weighted by molar-refractivity contribution is 0.411. The van der Waals surface area contributed by atoms with Crippen LogP contribution >= 0.6 is 0 Å². The molecule has 0 unspecified atom stereocenters. The van der Waals surface area contributed by atoms with E-state index in [0.717, 1.165) is 17.5 Å². The Balaban J connectivity index is 1.73. The fourth-order valence-corrected chi connectivity index (χ4v) is 5.70. The van der Waals surface area contributed by atoms with Crippen LogP contribution in [-0.2, 0) is 6.42 Å². The van der Waals surface area contributed by atoms with Crippen molar-refractivity contribution in [2.45, 2.75) is 27.2 Å². The summed E-state index contributed by atoms with van der Waals surface area (Å²) in [5.41, 5.74) is 3.71. The van der Waals surface area contributed by atoms with Crippen molar-refractivity contribution in [2.24, 2.45) is 5.41 Å². The lowest BCUT2D eigenvalue weighted by Gasteiger charge is -2.20. The summed E-state index contributed by atoms with van der Waals surface area (Å²) in [5, 5.41) is 12.5. The van der Waals surface area contributed by atoms with Gasteiger partial charge < -0.3 is 0 Å². The number of hydrogen-bond acceptors (Lipinski definition) is 2. The highest BCUT2D eigenvalue weighted by molar-refractivity contribution is 6.39. The lowest BCUT2D eigenvalue weighted by atomic mass is 9.85. The van der Waals surface area contributed by atoms with Crippen LogP contribution in [0.3, 0.4) is 0 Å². The first kappa shape index (κ1) is 18.8. The van der Waals surface area contributed by atoms with Crippen LogP contribution in [0.4, 0.5) is 0 Å². The molecule has 0 fully saturated rings. The van der Waals surface area contributed by atoms with E-state index in [4.69, 9.17) is 9.97 Å². The van der Waals surface area contributed by atoms with E-state index in [2.05, 4.69) is 93.6 Å². The molecule has 0 saturated heterocycles. The predicted molar refractivity (Wildman–Crippen MR) is 141 cm³/mol. The molecule has 7 rings (SSSR count). The average molecular weight is 425 g/mol. The van der Waals surface area contributed by atoms with Crippen LogP contribution in [-0.4, -0.2) is 9.97 Å². The Labute approximate surface area is 192 Å². The zero-order valence-electron chi connectivity index (χ0n) is 19.1. The van der Waals surface area contributed by atoms with Gasteiger partial charge in [-0.05, 0) is 61.8 Å². The second-order valence-electron chi connectivity index (χ2n) is 10.5. The molecule has 7 aromatic rings. The van der Waals surface area contributed by atoms with Gasteiger partial charge in [-0.1, -0.05) is 81.4 Å². The van der Waals surface area contributed by atoms with Crippen molar-refractivity contribution in [1.82, 2.24) is 9.97 Å². The summed E-state index contributed by atoms with van der Waals surface area (Å²) < 4.78 is 0. The predicted octanol–water partition coefficient (Wildman–Crippen LogP) is 8.42. The lowest BCUT2D eigenvalue weighted by Crippen LogP contribution is -2.09. The topological polar surface area (TPSA) is 25.8 Å². The van der Waals surface area contributed by atoms with Crippen molar-refractivity contribution in [3.8, 4) is 0 Å². The zero-order valence-corrected chi connectivity index (χ0v) is 19.1. The summed E-state index contributed by atoms with van der Waals surface area (Å²) in [4.78, 5) is 9.65. The molecule has 158 valence electrons. The second kappa shape index (κ2) is 6.39. The Morgan fingerprint density at radius 3 is 1.91 bits per heavy atom. The summed E-state index contributed by atoms with van der Waals surface area (Å²) >= 11 is 0. The van der Waals surface area contributed by atoms with Crippen molar-refractivity contribution in [3.63, 3.8) is 0 Å². The standard InChI is InChI=1S/C31H24N2/c1-31(2,3)16-18-11-12-23-24(13-18)21-9-6-10-22-25-14-19-7-4-5-8-20(19)15-26(25)30-28(27(21)22)29(23)32-17-33-30/h4-15,17H,16H2,1-3H3. The molecule has 2 nitrogen and oxygen atoms in total. The number of fused-ring (bicyclic) bond motifs is 7. The van der Waals surface area contributed by atoms with Crippen molar-refractivity contribution in [1.29, 1.82) is 0 Å². The molecular weight excluding hydrogens is 400 g/mol. The van der Waals surface area contributed by atoms with Crippen LogP contribution in [0, 0.1) is 5.41 Å². The Bertz CT molecular complexity index is 1870. The van der Waals surface area contributed by atoms with Gasteiger partial charge in [0, 0.05) is 21.5 Å². The Morgan fingerprint density at radius 1 is 0.576 bits per heavy atom. The van der Waals surface area contributed by atoms with Crippen LogP contribution in [0.25, 0.3) is 64.9 Å². The molecule has 33 heavy (non-hydrogen) atoms. The molecule has 0 aliphatic carbocycles. The molecular formula is C31H24N2. The molecule has 0 bridgehead atoms. The maximum Gasteiger partial charge on any atom is 0.116 e. The van der Waals surface area contributed by atoms with Gasteiger partial charge in [0.05, 0.1) is 11.0 Å². The molecule has 0 radical (unpaired) electrons. The summed E-state index contributed by atoms with van der Waals surface area (Å²) in [6, 6.07) is 26.9. The van der Waals surface area contributed by atoms with Gasteiger partial charge in [-0.15, -0.1) is 0 Å². The summed E-state index contributed by atoms with van der Waals surface area (Å²) in [6.45, 7) is 6.90. The van der Waals surface area contributed by atoms with E-state index in [1.165, 1.54) is 59.4 Å². The largest absolute Gasteiger partial charge is 0.236 e. The van der Waals surface area contributed by atoms with Crippen LogP contribution in [0.1, 0.15) is 26.3 Å². The van der Waals surface area contributed by atoms with Crippen molar-refractivity contribution >= 4 is 64.9 Å². The fraction of sp³-hybridized carbons (Fsp3) is 0.161. The van der Waals surface area contributed by atoms with Crippen LogP contribution in [0.2, 0.25) is 0 Å². The molecule has 1 aromatic heterocycles. The number of benzene rings is 6. The third-order valence-corrected chi connectivity index (χ3v) is 6.96. The molecule has 1 heterocycles. The quantitative estimate of drug-likeness (QED) is 0.195. The molecule has 0 N–H and O–H groups in total.